The summed E-state index contributed by atoms with van der Waals surface area (Å²) in [6.45, 7) is -0.294. The number of imidazole rings is 1. The number of hydrogen-bond donors (Lipinski definition) is 4. The number of aliphatic hydroxyl groups excluding tert-OH is 2. The third kappa shape index (κ3) is 2.00. The minimum absolute atomic E-state index is 0.0339. The van der Waals surface area contributed by atoms with Gasteiger partial charge in [-0.2, -0.15) is 4.98 Å². The van der Waals surface area contributed by atoms with E-state index in [2.05, 4.69) is 30.9 Å². The third-order valence-corrected chi connectivity index (χ3v) is 3.76. The molecule has 108 valence electrons. The van der Waals surface area contributed by atoms with Crippen LogP contribution in [0, 0.1) is 0 Å². The average Bonchev–Trinajstić information content (AvgIpc) is 2.89. The number of ether oxygens (including phenoxy) is 1. The normalized spacial score (nSPS) is 26.4. The Morgan fingerprint density at radius 1 is 1.55 bits per heavy atom. The number of aliphatic hydroxyl groups is 2. The first kappa shape index (κ1) is 13.5. The van der Waals surface area contributed by atoms with Gasteiger partial charge >= 0.3 is 0 Å². The minimum Gasteiger partial charge on any atom is -0.394 e. The van der Waals surface area contributed by atoms with Gasteiger partial charge in [0.2, 0.25) is 5.95 Å². The highest BCUT2D eigenvalue weighted by molar-refractivity contribution is 9.10. The van der Waals surface area contributed by atoms with E-state index in [1.54, 1.807) is 0 Å². The van der Waals surface area contributed by atoms with Crippen molar-refractivity contribution in [3.8, 4) is 0 Å². The highest BCUT2D eigenvalue weighted by atomic mass is 79.9. The lowest BCUT2D eigenvalue weighted by Crippen LogP contribution is -2.24. The monoisotopic (exact) mass is 345 g/mol. The van der Waals surface area contributed by atoms with Crippen LogP contribution in [0.4, 0.5) is 5.95 Å². The Morgan fingerprint density at radius 2 is 2.30 bits per heavy atom. The molecule has 0 unspecified atom stereocenters. The molecule has 5 N–H and O–H groups in total. The van der Waals surface area contributed by atoms with E-state index in [1.807, 2.05) is 0 Å². The zero-order valence-corrected chi connectivity index (χ0v) is 11.7. The first-order chi connectivity index (χ1) is 9.51. The topological polar surface area (TPSA) is 139 Å². The molecule has 0 aromatic carbocycles. The molecule has 0 bridgehead atoms. The van der Waals surface area contributed by atoms with Crippen molar-refractivity contribution < 1.29 is 14.9 Å². The average molecular weight is 346 g/mol. The Kier molecular flexibility index (Phi) is 3.24. The van der Waals surface area contributed by atoms with E-state index in [1.165, 1.54) is 4.57 Å². The van der Waals surface area contributed by atoms with Crippen LogP contribution in [0.2, 0.25) is 0 Å². The highest BCUT2D eigenvalue weighted by Crippen LogP contribution is 2.33. The number of nitrogen functional groups attached to an aromatic ring is 1. The van der Waals surface area contributed by atoms with Gasteiger partial charge in [-0.05, 0) is 15.9 Å². The van der Waals surface area contributed by atoms with Crippen LogP contribution in [-0.4, -0.2) is 48.5 Å². The fourth-order valence-corrected chi connectivity index (χ4v) is 2.84. The predicted molar refractivity (Wildman–Crippen MR) is 71.9 cm³/mol. The Balaban J connectivity index is 2.13. The van der Waals surface area contributed by atoms with Gasteiger partial charge < -0.3 is 20.7 Å². The molecule has 3 atom stereocenters. The van der Waals surface area contributed by atoms with E-state index in [0.29, 0.717) is 4.73 Å². The maximum absolute atomic E-state index is 11.8. The van der Waals surface area contributed by atoms with Crippen LogP contribution in [-0.2, 0) is 4.74 Å². The summed E-state index contributed by atoms with van der Waals surface area (Å²) in [6, 6.07) is 0. The van der Waals surface area contributed by atoms with Crippen LogP contribution in [0.5, 0.6) is 0 Å². The third-order valence-electron chi connectivity index (χ3n) is 3.20. The number of halogens is 1. The van der Waals surface area contributed by atoms with Crippen LogP contribution in [0.25, 0.3) is 11.2 Å². The van der Waals surface area contributed by atoms with E-state index in [9.17, 15) is 9.90 Å². The van der Waals surface area contributed by atoms with E-state index >= 15 is 0 Å². The first-order valence-corrected chi connectivity index (χ1v) is 6.68. The summed E-state index contributed by atoms with van der Waals surface area (Å²) in [6.07, 6.45) is -1.81. The van der Waals surface area contributed by atoms with Gasteiger partial charge in [0, 0.05) is 6.42 Å². The van der Waals surface area contributed by atoms with Gasteiger partial charge in [-0.25, -0.2) is 4.98 Å². The number of anilines is 1. The molecule has 0 amide bonds. The lowest BCUT2D eigenvalue weighted by Gasteiger charge is -2.14. The van der Waals surface area contributed by atoms with Gasteiger partial charge in [0.05, 0.1) is 12.7 Å². The minimum atomic E-state index is -0.798. The number of aromatic nitrogens is 4. The molecule has 2 aromatic rings. The van der Waals surface area contributed by atoms with Crippen molar-refractivity contribution in [1.29, 1.82) is 0 Å². The molecule has 0 radical (unpaired) electrons. The molecular weight excluding hydrogens is 334 g/mol. The zero-order valence-electron chi connectivity index (χ0n) is 10.2. The lowest BCUT2D eigenvalue weighted by molar-refractivity contribution is -0.0439. The molecule has 20 heavy (non-hydrogen) atoms. The number of H-pyrrole nitrogens is 1. The molecule has 10 heteroatoms. The number of nitrogens with one attached hydrogen (secondary N) is 1. The molecule has 9 nitrogen and oxygen atoms in total. The molecule has 0 aliphatic carbocycles. The summed E-state index contributed by atoms with van der Waals surface area (Å²) in [5.74, 6) is -0.0339. The van der Waals surface area contributed by atoms with Crippen molar-refractivity contribution in [2.75, 3.05) is 12.3 Å². The summed E-state index contributed by atoms with van der Waals surface area (Å²) in [5, 5.41) is 18.9. The second-order valence-corrected chi connectivity index (χ2v) is 5.20. The highest BCUT2D eigenvalue weighted by Gasteiger charge is 2.36. The Hall–Kier alpha value is -1.49. The standard InChI is InChI=1S/C10H12BrN5O4/c11-9-13-6-7(14-10(12)15-8(6)19)16(9)5-1-3(18)4(2-17)20-5/h3-5,17-18H,1-2H2,(H3,12,14,15,19)/t3-,4+,5+/m1/s1. The predicted octanol–water partition coefficient (Wildman–Crippen LogP) is -0.895. The van der Waals surface area contributed by atoms with Crippen LogP contribution in [0.3, 0.4) is 0 Å². The van der Waals surface area contributed by atoms with E-state index < -0.39 is 24.0 Å². The maximum Gasteiger partial charge on any atom is 0.280 e. The number of fused-ring (bicyclic) bond motifs is 1. The van der Waals surface area contributed by atoms with Crippen molar-refractivity contribution in [2.45, 2.75) is 24.9 Å². The Labute approximate surface area is 120 Å². The summed E-state index contributed by atoms with van der Waals surface area (Å²) in [7, 11) is 0. The fraction of sp³-hybridized carbons (Fsp3) is 0.500. The zero-order chi connectivity index (χ0) is 14.4. The van der Waals surface area contributed by atoms with Crippen molar-refractivity contribution in [3.05, 3.63) is 15.1 Å². The van der Waals surface area contributed by atoms with Crippen molar-refractivity contribution in [1.82, 2.24) is 19.5 Å². The molecule has 2 aromatic heterocycles. The second-order valence-electron chi connectivity index (χ2n) is 4.49. The molecule has 3 rings (SSSR count). The number of rotatable bonds is 2. The van der Waals surface area contributed by atoms with Gasteiger partial charge in [-0.1, -0.05) is 0 Å². The lowest BCUT2D eigenvalue weighted by atomic mass is 10.2. The summed E-state index contributed by atoms with van der Waals surface area (Å²) in [4.78, 5) is 22.2. The van der Waals surface area contributed by atoms with E-state index in [0.717, 1.165) is 0 Å². The number of nitrogens with zero attached hydrogens (tertiary/aromatic N) is 3. The number of nitrogens with two attached hydrogens (primary N) is 1. The molecule has 3 heterocycles. The first-order valence-electron chi connectivity index (χ1n) is 5.89. The van der Waals surface area contributed by atoms with Crippen LogP contribution >= 0.6 is 15.9 Å². The van der Waals surface area contributed by atoms with Crippen LogP contribution < -0.4 is 11.3 Å². The van der Waals surface area contributed by atoms with Crippen molar-refractivity contribution >= 4 is 33.0 Å². The summed E-state index contributed by atoms with van der Waals surface area (Å²) >= 11 is 3.23. The quantitative estimate of drug-likeness (QED) is 0.517. The molecule has 0 saturated carbocycles. The molecule has 1 saturated heterocycles. The molecule has 1 fully saturated rings. The Morgan fingerprint density at radius 3 is 2.95 bits per heavy atom. The van der Waals surface area contributed by atoms with Gasteiger partial charge in [0.25, 0.3) is 5.56 Å². The molecule has 1 aliphatic heterocycles. The molecule has 0 spiro atoms. The largest absolute Gasteiger partial charge is 0.394 e. The second kappa shape index (κ2) is 4.81. The maximum atomic E-state index is 11.8. The Bertz CT molecular complexity index is 713. The SMILES string of the molecule is Nc1nc2c(nc(Br)n2[C@@H]2C[C@@H](O)[C@H](CO)O2)c(=O)[nH]1. The van der Waals surface area contributed by atoms with Crippen LogP contribution in [0.15, 0.2) is 9.53 Å². The van der Waals surface area contributed by atoms with Gasteiger partial charge in [0.1, 0.15) is 12.3 Å². The summed E-state index contributed by atoms with van der Waals surface area (Å²) in [5.41, 5.74) is 5.45. The van der Waals surface area contributed by atoms with Crippen molar-refractivity contribution in [3.63, 3.8) is 0 Å². The van der Waals surface area contributed by atoms with Crippen molar-refractivity contribution in [2.24, 2.45) is 0 Å². The van der Waals surface area contributed by atoms with E-state index in [4.69, 9.17) is 15.6 Å². The molecular formula is C10H12BrN5O4. The smallest absolute Gasteiger partial charge is 0.280 e. The molecule has 1 aliphatic rings. The van der Waals surface area contributed by atoms with Gasteiger partial charge in [0.15, 0.2) is 15.9 Å². The summed E-state index contributed by atoms with van der Waals surface area (Å²) < 4.78 is 7.40. The van der Waals surface area contributed by atoms with E-state index in [-0.39, 0.29) is 30.1 Å². The van der Waals surface area contributed by atoms with Gasteiger partial charge in [-0.3, -0.25) is 14.3 Å². The van der Waals surface area contributed by atoms with Crippen LogP contribution in [0.1, 0.15) is 12.6 Å². The van der Waals surface area contributed by atoms with Gasteiger partial charge in [-0.15, -0.1) is 0 Å². The number of hydrogen-bond acceptors (Lipinski definition) is 7. The number of aromatic amines is 1. The fourth-order valence-electron chi connectivity index (χ4n) is 2.27.